The van der Waals surface area contributed by atoms with E-state index in [1.165, 1.54) is 0 Å². The summed E-state index contributed by atoms with van der Waals surface area (Å²) in [6, 6.07) is 6.80. The number of carbonyl (C=O) groups is 2. The standard InChI is InChI=1S/C16H22O6/c1-19-9-2-3-11-21-15-7-5-14(6-8-15)16(18)22-12-4-10-20-13-17/h5-8,13H,2-4,9-12H2,1H3. The lowest BCUT2D eigenvalue weighted by molar-refractivity contribution is -0.128. The van der Waals surface area contributed by atoms with Crippen molar-refractivity contribution < 1.29 is 28.5 Å². The van der Waals surface area contributed by atoms with Crippen LogP contribution in [0.1, 0.15) is 29.6 Å². The van der Waals surface area contributed by atoms with Gasteiger partial charge in [-0.1, -0.05) is 0 Å². The first-order chi connectivity index (χ1) is 10.8. The van der Waals surface area contributed by atoms with E-state index in [0.29, 0.717) is 30.8 Å². The van der Waals surface area contributed by atoms with Crippen molar-refractivity contribution >= 4 is 12.4 Å². The van der Waals surface area contributed by atoms with Gasteiger partial charge in [-0.2, -0.15) is 0 Å². The smallest absolute Gasteiger partial charge is 0.338 e. The Morgan fingerprint density at radius 3 is 2.41 bits per heavy atom. The molecule has 0 radical (unpaired) electrons. The summed E-state index contributed by atoms with van der Waals surface area (Å²) in [7, 11) is 1.67. The lowest BCUT2D eigenvalue weighted by Gasteiger charge is -2.07. The van der Waals surface area contributed by atoms with Crippen LogP contribution in [-0.2, 0) is 19.0 Å². The summed E-state index contributed by atoms with van der Waals surface area (Å²) in [5.41, 5.74) is 0.461. The number of methoxy groups -OCH3 is 1. The van der Waals surface area contributed by atoms with Crippen LogP contribution >= 0.6 is 0 Å². The summed E-state index contributed by atoms with van der Waals surface area (Å²) in [5, 5.41) is 0. The van der Waals surface area contributed by atoms with Crippen molar-refractivity contribution in [2.45, 2.75) is 19.3 Å². The number of hydrogen-bond acceptors (Lipinski definition) is 6. The van der Waals surface area contributed by atoms with Crippen molar-refractivity contribution in [3.63, 3.8) is 0 Å². The highest BCUT2D eigenvalue weighted by molar-refractivity contribution is 5.89. The fourth-order valence-corrected chi connectivity index (χ4v) is 1.66. The van der Waals surface area contributed by atoms with Crippen molar-refractivity contribution in [3.05, 3.63) is 29.8 Å². The molecule has 22 heavy (non-hydrogen) atoms. The molecule has 0 aliphatic heterocycles. The minimum Gasteiger partial charge on any atom is -0.494 e. The lowest BCUT2D eigenvalue weighted by atomic mass is 10.2. The molecular formula is C16H22O6. The van der Waals surface area contributed by atoms with Gasteiger partial charge in [-0.15, -0.1) is 0 Å². The van der Waals surface area contributed by atoms with Crippen LogP contribution in [0.3, 0.4) is 0 Å². The highest BCUT2D eigenvalue weighted by Crippen LogP contribution is 2.13. The zero-order valence-electron chi connectivity index (χ0n) is 12.8. The fraction of sp³-hybridized carbons (Fsp3) is 0.500. The summed E-state index contributed by atoms with van der Waals surface area (Å²) in [5.74, 6) is 0.311. The summed E-state index contributed by atoms with van der Waals surface area (Å²) < 4.78 is 20.1. The minimum absolute atomic E-state index is 0.213. The molecule has 0 atom stereocenters. The summed E-state index contributed by atoms with van der Waals surface area (Å²) in [4.78, 5) is 21.7. The SMILES string of the molecule is COCCCCOc1ccc(C(=O)OCCCOC=O)cc1. The molecule has 0 aliphatic carbocycles. The minimum atomic E-state index is -0.405. The van der Waals surface area contributed by atoms with Crippen molar-refractivity contribution in [2.24, 2.45) is 0 Å². The fourth-order valence-electron chi connectivity index (χ4n) is 1.66. The maximum absolute atomic E-state index is 11.7. The van der Waals surface area contributed by atoms with Crippen molar-refractivity contribution in [2.75, 3.05) is 33.5 Å². The molecule has 0 unspecified atom stereocenters. The number of carbonyl (C=O) groups excluding carboxylic acids is 2. The molecule has 0 aliphatic rings. The molecule has 6 nitrogen and oxygen atoms in total. The van der Waals surface area contributed by atoms with Gasteiger partial charge in [0.1, 0.15) is 5.75 Å². The monoisotopic (exact) mass is 310 g/mol. The van der Waals surface area contributed by atoms with Crippen molar-refractivity contribution in [1.29, 1.82) is 0 Å². The van der Waals surface area contributed by atoms with Crippen LogP contribution < -0.4 is 4.74 Å². The number of rotatable bonds is 12. The van der Waals surface area contributed by atoms with Crippen LogP contribution in [-0.4, -0.2) is 46.0 Å². The molecule has 1 rings (SSSR count). The van der Waals surface area contributed by atoms with Crippen LogP contribution in [0.15, 0.2) is 24.3 Å². The first-order valence-corrected chi connectivity index (χ1v) is 7.22. The summed E-state index contributed by atoms with van der Waals surface area (Å²) in [6.07, 6.45) is 2.35. The van der Waals surface area contributed by atoms with Gasteiger partial charge >= 0.3 is 5.97 Å². The Morgan fingerprint density at radius 2 is 1.73 bits per heavy atom. The van der Waals surface area contributed by atoms with E-state index in [2.05, 4.69) is 4.74 Å². The van der Waals surface area contributed by atoms with Crippen LogP contribution in [0.4, 0.5) is 0 Å². The third-order valence-corrected chi connectivity index (χ3v) is 2.81. The molecule has 6 heteroatoms. The van der Waals surface area contributed by atoms with Gasteiger partial charge in [0, 0.05) is 20.1 Å². The molecule has 0 bridgehead atoms. The summed E-state index contributed by atoms with van der Waals surface area (Å²) in [6.45, 7) is 2.17. The first kappa shape index (κ1) is 18.0. The topological polar surface area (TPSA) is 71.1 Å². The van der Waals surface area contributed by atoms with Gasteiger partial charge in [0.2, 0.25) is 0 Å². The van der Waals surface area contributed by atoms with E-state index in [1.54, 1.807) is 31.4 Å². The molecule has 0 saturated carbocycles. The maximum atomic E-state index is 11.7. The van der Waals surface area contributed by atoms with Gasteiger partial charge in [0.25, 0.3) is 6.47 Å². The second kappa shape index (κ2) is 11.6. The van der Waals surface area contributed by atoms with E-state index in [-0.39, 0.29) is 13.2 Å². The highest BCUT2D eigenvalue weighted by Gasteiger charge is 2.07. The van der Waals surface area contributed by atoms with Gasteiger partial charge in [0.15, 0.2) is 0 Å². The lowest BCUT2D eigenvalue weighted by Crippen LogP contribution is -2.08. The van der Waals surface area contributed by atoms with E-state index in [1.807, 2.05) is 0 Å². The van der Waals surface area contributed by atoms with E-state index in [9.17, 15) is 9.59 Å². The number of benzene rings is 1. The van der Waals surface area contributed by atoms with E-state index >= 15 is 0 Å². The molecule has 0 fully saturated rings. The second-order valence-electron chi connectivity index (χ2n) is 4.53. The Hall–Kier alpha value is -2.08. The van der Waals surface area contributed by atoms with Gasteiger partial charge in [-0.05, 0) is 37.1 Å². The molecule has 0 aromatic heterocycles. The predicted octanol–water partition coefficient (Wildman–Crippen LogP) is 2.21. The van der Waals surface area contributed by atoms with Crippen molar-refractivity contribution in [1.82, 2.24) is 0 Å². The van der Waals surface area contributed by atoms with Gasteiger partial charge < -0.3 is 18.9 Å². The van der Waals surface area contributed by atoms with E-state index in [4.69, 9.17) is 14.2 Å². The van der Waals surface area contributed by atoms with Crippen LogP contribution in [0, 0.1) is 0 Å². The third kappa shape index (κ3) is 7.64. The molecule has 0 saturated heterocycles. The van der Waals surface area contributed by atoms with E-state index in [0.717, 1.165) is 19.4 Å². The summed E-state index contributed by atoms with van der Waals surface area (Å²) >= 11 is 0. The molecule has 1 aromatic carbocycles. The molecule has 0 heterocycles. The molecule has 0 amide bonds. The normalized spacial score (nSPS) is 10.0. The largest absolute Gasteiger partial charge is 0.494 e. The highest BCUT2D eigenvalue weighted by atomic mass is 16.5. The van der Waals surface area contributed by atoms with Gasteiger partial charge in [-0.3, -0.25) is 4.79 Å². The van der Waals surface area contributed by atoms with Gasteiger partial charge in [-0.25, -0.2) is 4.79 Å². The average molecular weight is 310 g/mol. The van der Waals surface area contributed by atoms with Crippen LogP contribution in [0.25, 0.3) is 0 Å². The maximum Gasteiger partial charge on any atom is 0.338 e. The average Bonchev–Trinajstić information content (AvgIpc) is 2.55. The van der Waals surface area contributed by atoms with Crippen LogP contribution in [0.2, 0.25) is 0 Å². The molecular weight excluding hydrogens is 288 g/mol. The Balaban J connectivity index is 2.25. The number of hydrogen-bond donors (Lipinski definition) is 0. The molecule has 122 valence electrons. The van der Waals surface area contributed by atoms with Crippen molar-refractivity contribution in [3.8, 4) is 5.75 Å². The zero-order valence-corrected chi connectivity index (χ0v) is 12.8. The quantitative estimate of drug-likeness (QED) is 0.335. The molecule has 1 aromatic rings. The number of ether oxygens (including phenoxy) is 4. The second-order valence-corrected chi connectivity index (χ2v) is 4.53. The Bertz CT molecular complexity index is 429. The van der Waals surface area contributed by atoms with Crippen LogP contribution in [0.5, 0.6) is 5.75 Å². The number of esters is 1. The Labute approximate surface area is 130 Å². The zero-order chi connectivity index (χ0) is 16.0. The molecule has 0 N–H and O–H groups in total. The number of unbranched alkanes of at least 4 members (excludes halogenated alkanes) is 1. The van der Waals surface area contributed by atoms with E-state index < -0.39 is 5.97 Å². The van der Waals surface area contributed by atoms with Gasteiger partial charge in [0.05, 0.1) is 25.4 Å². The predicted molar refractivity (Wildman–Crippen MR) is 80.0 cm³/mol. The Morgan fingerprint density at radius 1 is 1.00 bits per heavy atom. The molecule has 0 spiro atoms. The Kier molecular flexibility index (Phi) is 9.45. The third-order valence-electron chi connectivity index (χ3n) is 2.81. The first-order valence-electron chi connectivity index (χ1n) is 7.22.